The first-order valence-corrected chi connectivity index (χ1v) is 10.9. The van der Waals surface area contributed by atoms with E-state index in [2.05, 4.69) is 70.6 Å². The lowest BCUT2D eigenvalue weighted by molar-refractivity contribution is 0.488. The van der Waals surface area contributed by atoms with E-state index in [0.29, 0.717) is 6.04 Å². The Labute approximate surface area is 190 Å². The van der Waals surface area contributed by atoms with Gasteiger partial charge >= 0.3 is 0 Å². The number of hydrogen-bond donors (Lipinski definition) is 2. The van der Waals surface area contributed by atoms with Gasteiger partial charge < -0.3 is 15.2 Å². The average Bonchev–Trinajstić information content (AvgIpc) is 3.31. The van der Waals surface area contributed by atoms with Crippen LogP contribution in [0.25, 0.3) is 0 Å². The van der Waals surface area contributed by atoms with Crippen LogP contribution in [0, 0.1) is 5.92 Å². The molecule has 0 aliphatic carbocycles. The second-order valence-electron chi connectivity index (χ2n) is 7.30. The van der Waals surface area contributed by atoms with Crippen LogP contribution in [0.4, 0.5) is 0 Å². The van der Waals surface area contributed by atoms with Crippen LogP contribution in [-0.2, 0) is 19.4 Å². The molecule has 2 N–H and O–H groups in total. The number of halogens is 1. The highest BCUT2D eigenvalue weighted by Gasteiger charge is 2.08. The monoisotopic (exact) mass is 518 g/mol. The maximum Gasteiger partial charge on any atom is 0.191 e. The normalized spacial score (nSPS) is 12.7. The Balaban J connectivity index is 0.00000392. The fourth-order valence-corrected chi connectivity index (χ4v) is 3.51. The van der Waals surface area contributed by atoms with Crippen LogP contribution < -0.4 is 10.6 Å². The number of hydrogen-bond acceptors (Lipinski definition) is 4. The van der Waals surface area contributed by atoms with Gasteiger partial charge in [-0.05, 0) is 37.1 Å². The van der Waals surface area contributed by atoms with Crippen molar-refractivity contribution >= 4 is 41.3 Å². The van der Waals surface area contributed by atoms with Gasteiger partial charge in [0.15, 0.2) is 5.96 Å². The summed E-state index contributed by atoms with van der Waals surface area (Å²) in [6.45, 7) is 11.3. The van der Waals surface area contributed by atoms with Gasteiger partial charge in [-0.15, -0.1) is 45.5 Å². The molecular formula is C20H35IN6S. The molecule has 0 spiro atoms. The number of aryl methyl sites for hydroxylation is 1. The van der Waals surface area contributed by atoms with Crippen LogP contribution in [0.1, 0.15) is 51.2 Å². The fourth-order valence-electron chi connectivity index (χ4n) is 2.81. The number of rotatable bonds is 11. The van der Waals surface area contributed by atoms with Crippen molar-refractivity contribution in [3.05, 3.63) is 34.5 Å². The molecule has 0 aromatic carbocycles. The molecule has 2 aromatic heterocycles. The van der Waals surface area contributed by atoms with E-state index in [1.807, 2.05) is 0 Å². The predicted octanol–water partition coefficient (Wildman–Crippen LogP) is 4.12. The van der Waals surface area contributed by atoms with E-state index in [4.69, 9.17) is 4.99 Å². The topological polar surface area (TPSA) is 67.1 Å². The Hall–Kier alpha value is -1.16. The van der Waals surface area contributed by atoms with Crippen molar-refractivity contribution in [3.63, 3.8) is 0 Å². The number of nitrogens with one attached hydrogen (secondary N) is 2. The lowest BCUT2D eigenvalue weighted by Gasteiger charge is -2.19. The molecule has 28 heavy (non-hydrogen) atoms. The molecule has 2 heterocycles. The third-order valence-corrected chi connectivity index (χ3v) is 5.36. The summed E-state index contributed by atoms with van der Waals surface area (Å²) < 4.78 is 2.10. The van der Waals surface area contributed by atoms with E-state index < -0.39 is 0 Å². The van der Waals surface area contributed by atoms with Crippen LogP contribution in [0.3, 0.4) is 0 Å². The SMILES string of the molecule is CCc1nncn1CCNC(=NCCc1cccs1)NC(C)CCC(C)C.I. The minimum atomic E-state index is 0. The summed E-state index contributed by atoms with van der Waals surface area (Å²) in [5.41, 5.74) is 0. The van der Waals surface area contributed by atoms with Crippen molar-refractivity contribution in [2.75, 3.05) is 13.1 Å². The first-order chi connectivity index (χ1) is 13.1. The van der Waals surface area contributed by atoms with Gasteiger partial charge in [-0.2, -0.15) is 0 Å². The molecule has 1 unspecified atom stereocenters. The molecule has 2 aromatic rings. The highest BCUT2D eigenvalue weighted by atomic mass is 127. The molecule has 0 fully saturated rings. The van der Waals surface area contributed by atoms with Gasteiger partial charge in [0.1, 0.15) is 12.2 Å². The van der Waals surface area contributed by atoms with Gasteiger partial charge in [-0.25, -0.2) is 0 Å². The second kappa shape index (κ2) is 13.9. The average molecular weight is 519 g/mol. The summed E-state index contributed by atoms with van der Waals surface area (Å²) in [7, 11) is 0. The van der Waals surface area contributed by atoms with Gasteiger partial charge in [0.2, 0.25) is 0 Å². The lowest BCUT2D eigenvalue weighted by Crippen LogP contribution is -2.43. The van der Waals surface area contributed by atoms with Crippen molar-refractivity contribution in [2.24, 2.45) is 10.9 Å². The second-order valence-corrected chi connectivity index (χ2v) is 8.33. The lowest BCUT2D eigenvalue weighted by atomic mass is 10.0. The number of nitrogens with zero attached hydrogens (tertiary/aromatic N) is 4. The number of aromatic nitrogens is 3. The quantitative estimate of drug-likeness (QED) is 0.267. The molecule has 0 saturated heterocycles. The van der Waals surface area contributed by atoms with Gasteiger partial charge in [0, 0.05) is 43.4 Å². The summed E-state index contributed by atoms with van der Waals surface area (Å²) in [6.07, 6.45) is 6.04. The Kier molecular flexibility index (Phi) is 12.4. The minimum Gasteiger partial charge on any atom is -0.355 e. The van der Waals surface area contributed by atoms with Crippen molar-refractivity contribution in [3.8, 4) is 0 Å². The summed E-state index contributed by atoms with van der Waals surface area (Å²) >= 11 is 1.79. The molecule has 1 atom stereocenters. The molecule has 8 heteroatoms. The Morgan fingerprint density at radius 3 is 2.79 bits per heavy atom. The maximum atomic E-state index is 4.79. The number of guanidine groups is 1. The van der Waals surface area contributed by atoms with Crippen LogP contribution in [0.15, 0.2) is 28.8 Å². The molecule has 0 saturated carbocycles. The van der Waals surface area contributed by atoms with Gasteiger partial charge in [-0.1, -0.05) is 26.8 Å². The molecule has 0 aliphatic heterocycles. The zero-order valence-corrected chi connectivity index (χ0v) is 20.7. The van der Waals surface area contributed by atoms with Crippen LogP contribution in [0.2, 0.25) is 0 Å². The number of aliphatic imine (C=N–C) groups is 1. The third kappa shape index (κ3) is 9.36. The molecule has 0 aliphatic rings. The van der Waals surface area contributed by atoms with E-state index in [-0.39, 0.29) is 24.0 Å². The Morgan fingerprint density at radius 2 is 2.11 bits per heavy atom. The van der Waals surface area contributed by atoms with Crippen LogP contribution in [0.5, 0.6) is 0 Å². The molecule has 158 valence electrons. The largest absolute Gasteiger partial charge is 0.355 e. The van der Waals surface area contributed by atoms with E-state index in [1.54, 1.807) is 17.7 Å². The predicted molar refractivity (Wildman–Crippen MR) is 130 cm³/mol. The summed E-state index contributed by atoms with van der Waals surface area (Å²) in [5.74, 6) is 2.64. The summed E-state index contributed by atoms with van der Waals surface area (Å²) in [4.78, 5) is 6.17. The van der Waals surface area contributed by atoms with Crippen LogP contribution >= 0.6 is 35.3 Å². The zero-order valence-electron chi connectivity index (χ0n) is 17.5. The Bertz CT molecular complexity index is 668. The van der Waals surface area contributed by atoms with Crippen molar-refractivity contribution in [1.29, 1.82) is 0 Å². The van der Waals surface area contributed by atoms with Gasteiger partial charge in [0.25, 0.3) is 0 Å². The van der Waals surface area contributed by atoms with Gasteiger partial charge in [0.05, 0.1) is 0 Å². The third-order valence-electron chi connectivity index (χ3n) is 4.43. The van der Waals surface area contributed by atoms with E-state index in [1.165, 1.54) is 11.3 Å². The Morgan fingerprint density at radius 1 is 1.29 bits per heavy atom. The maximum absolute atomic E-state index is 4.79. The van der Waals surface area contributed by atoms with Crippen molar-refractivity contribution < 1.29 is 0 Å². The summed E-state index contributed by atoms with van der Waals surface area (Å²) in [6, 6.07) is 4.67. The molecule has 6 nitrogen and oxygen atoms in total. The fraction of sp³-hybridized carbons (Fsp3) is 0.650. The molecule has 0 radical (unpaired) electrons. The molecule has 2 rings (SSSR count). The highest BCUT2D eigenvalue weighted by molar-refractivity contribution is 14.0. The van der Waals surface area contributed by atoms with E-state index >= 15 is 0 Å². The smallest absolute Gasteiger partial charge is 0.191 e. The van der Waals surface area contributed by atoms with Crippen molar-refractivity contribution in [1.82, 2.24) is 25.4 Å². The first kappa shape index (κ1) is 24.9. The molecular weight excluding hydrogens is 483 g/mol. The molecule has 0 bridgehead atoms. The number of thiophene rings is 1. The van der Waals surface area contributed by atoms with E-state index in [0.717, 1.165) is 56.6 Å². The van der Waals surface area contributed by atoms with Crippen molar-refractivity contribution in [2.45, 2.75) is 66.0 Å². The minimum absolute atomic E-state index is 0. The first-order valence-electron chi connectivity index (χ1n) is 10.0. The van der Waals surface area contributed by atoms with Crippen LogP contribution in [-0.4, -0.2) is 39.9 Å². The standard InChI is InChI=1S/C20H34N6S.HI/c1-5-19-25-23-15-26(19)13-12-22-20(24-17(4)9-8-16(2)3)21-11-10-18-7-6-14-27-18;/h6-7,14-17H,5,8-13H2,1-4H3,(H2,21,22,24);1H. The highest BCUT2D eigenvalue weighted by Crippen LogP contribution is 2.09. The molecule has 0 amide bonds. The summed E-state index contributed by atoms with van der Waals surface area (Å²) in [5, 5.41) is 17.3. The van der Waals surface area contributed by atoms with E-state index in [9.17, 15) is 0 Å². The zero-order chi connectivity index (χ0) is 19.5. The van der Waals surface area contributed by atoms with Gasteiger partial charge in [-0.3, -0.25) is 4.99 Å².